The van der Waals surface area contributed by atoms with Gasteiger partial charge in [-0.25, -0.2) is 0 Å². The van der Waals surface area contributed by atoms with Gasteiger partial charge in [0.15, 0.2) is 17.9 Å². The molecular weight excluding hydrogens is 752 g/mol. The van der Waals surface area contributed by atoms with Gasteiger partial charge in [-0.1, -0.05) is 12.1 Å². The lowest BCUT2D eigenvalue weighted by atomic mass is 9.72. The second-order valence-electron chi connectivity index (χ2n) is 14.5. The first kappa shape index (κ1) is 42.7. The Balaban J connectivity index is 1.39. The lowest BCUT2D eigenvalue weighted by molar-refractivity contribution is -0.249. The molecule has 0 radical (unpaired) electrons. The summed E-state index contributed by atoms with van der Waals surface area (Å²) in [6, 6.07) is -0.0587. The predicted molar refractivity (Wildman–Crippen MR) is 194 cm³/mol. The highest BCUT2D eigenvalue weighted by Gasteiger charge is 2.50. The molecule has 0 spiro atoms. The third-order valence-electron chi connectivity index (χ3n) is 10.4. The highest BCUT2D eigenvalue weighted by atomic mass is 16.7. The van der Waals surface area contributed by atoms with Crippen LogP contribution in [0.5, 0.6) is 17.2 Å². The Kier molecular flexibility index (Phi) is 12.4. The summed E-state index contributed by atoms with van der Waals surface area (Å²) in [7, 11) is 1.28. The summed E-state index contributed by atoms with van der Waals surface area (Å²) in [5, 5.41) is 65.5. The van der Waals surface area contributed by atoms with Gasteiger partial charge in [-0.15, -0.1) is 0 Å². The molecule has 1 heterocycles. The van der Waals surface area contributed by atoms with Crippen LogP contribution >= 0.6 is 0 Å². The van der Waals surface area contributed by atoms with Crippen molar-refractivity contribution in [2.24, 2.45) is 0 Å². The van der Waals surface area contributed by atoms with Crippen LogP contribution in [-0.2, 0) is 39.9 Å². The number of phenols is 2. The van der Waals surface area contributed by atoms with Gasteiger partial charge in [-0.2, -0.15) is 0 Å². The summed E-state index contributed by atoms with van der Waals surface area (Å²) in [6.45, 7) is 5.74. The minimum absolute atomic E-state index is 0.0311. The number of nitrogens with one attached hydrogen (secondary N) is 4. The molecule has 1 saturated heterocycles. The normalized spacial score (nSPS) is 25.4. The van der Waals surface area contributed by atoms with E-state index >= 15 is 0 Å². The molecule has 57 heavy (non-hydrogen) atoms. The molecule has 2 aliphatic carbocycles. The first-order chi connectivity index (χ1) is 26.7. The number of carbonyl (C=O) groups is 7. The quantitative estimate of drug-likeness (QED) is 0.0962. The van der Waals surface area contributed by atoms with Gasteiger partial charge in [0.05, 0.1) is 42.0 Å². The average molecular weight is 799 g/mol. The van der Waals surface area contributed by atoms with Crippen LogP contribution in [0.1, 0.15) is 96.5 Å². The molecule has 0 unspecified atom stereocenters. The summed E-state index contributed by atoms with van der Waals surface area (Å²) in [6.07, 6.45) is -6.81. The maximum Gasteiger partial charge on any atom is 0.242 e. The number of benzene rings is 2. The first-order valence-corrected chi connectivity index (χ1v) is 18.1. The van der Waals surface area contributed by atoms with E-state index in [-0.39, 0.29) is 34.4 Å². The molecule has 9 atom stereocenters. The fourth-order valence-electron chi connectivity index (χ4n) is 7.34. The molecule has 3 aliphatic rings. The van der Waals surface area contributed by atoms with Gasteiger partial charge in [0, 0.05) is 42.9 Å². The molecule has 0 bridgehead atoms. The smallest absolute Gasteiger partial charge is 0.242 e. The van der Waals surface area contributed by atoms with Crippen LogP contribution in [0, 0.1) is 0 Å². The van der Waals surface area contributed by atoms with Crippen LogP contribution in [0.25, 0.3) is 0 Å². The number of amides is 4. The second-order valence-corrected chi connectivity index (χ2v) is 14.5. The molecule has 9 N–H and O–H groups in total. The van der Waals surface area contributed by atoms with Gasteiger partial charge in [0.25, 0.3) is 0 Å². The number of aromatic hydroxyl groups is 2. The Morgan fingerprint density at radius 3 is 2.11 bits per heavy atom. The van der Waals surface area contributed by atoms with E-state index in [0.717, 1.165) is 0 Å². The number of aliphatic hydroxyl groups is 3. The number of fused-ring (bicyclic) bond motifs is 3. The highest BCUT2D eigenvalue weighted by Crippen LogP contribution is 2.52. The largest absolute Gasteiger partial charge is 0.507 e. The Labute approximate surface area is 326 Å². The summed E-state index contributed by atoms with van der Waals surface area (Å²) in [4.78, 5) is 90.2. The van der Waals surface area contributed by atoms with Gasteiger partial charge >= 0.3 is 0 Å². The Morgan fingerprint density at radius 2 is 1.51 bits per heavy atom. The number of hydrogen-bond acceptors (Lipinski definition) is 15. The van der Waals surface area contributed by atoms with E-state index in [4.69, 9.17) is 14.2 Å². The van der Waals surface area contributed by atoms with Gasteiger partial charge in [-0.05, 0) is 33.8 Å². The van der Waals surface area contributed by atoms with E-state index in [1.165, 1.54) is 59.9 Å². The number of rotatable bonds is 12. The van der Waals surface area contributed by atoms with Gasteiger partial charge in [0.2, 0.25) is 29.4 Å². The number of ketones is 3. The lowest BCUT2D eigenvalue weighted by Gasteiger charge is -2.43. The van der Waals surface area contributed by atoms with Crippen LogP contribution in [-0.4, -0.2) is 128 Å². The van der Waals surface area contributed by atoms with Crippen molar-refractivity contribution in [3.63, 3.8) is 0 Å². The van der Waals surface area contributed by atoms with Gasteiger partial charge < -0.3 is 61.0 Å². The number of hydrogen-bond donors (Lipinski definition) is 9. The van der Waals surface area contributed by atoms with Crippen molar-refractivity contribution < 1.29 is 73.3 Å². The van der Waals surface area contributed by atoms with Crippen molar-refractivity contribution in [2.45, 2.75) is 108 Å². The Hall–Kier alpha value is -5.47. The van der Waals surface area contributed by atoms with Gasteiger partial charge in [-0.3, -0.25) is 33.6 Å². The summed E-state index contributed by atoms with van der Waals surface area (Å²) in [5.41, 5.74) is -4.35. The Morgan fingerprint density at radius 1 is 0.912 bits per heavy atom. The van der Waals surface area contributed by atoms with Gasteiger partial charge in [0.1, 0.15) is 53.7 Å². The average Bonchev–Trinajstić information content (AvgIpc) is 3.15. The molecule has 2 aromatic carbocycles. The van der Waals surface area contributed by atoms with Crippen molar-refractivity contribution in [3.05, 3.63) is 51.6 Å². The van der Waals surface area contributed by atoms with E-state index in [9.17, 15) is 59.1 Å². The van der Waals surface area contributed by atoms with Crippen LogP contribution in [0.15, 0.2) is 18.2 Å². The molecule has 19 heteroatoms. The minimum atomic E-state index is -2.40. The van der Waals surface area contributed by atoms with E-state index in [1.807, 2.05) is 0 Å². The minimum Gasteiger partial charge on any atom is -0.507 e. The predicted octanol–water partition coefficient (Wildman–Crippen LogP) is -1.31. The maximum atomic E-state index is 13.9. The summed E-state index contributed by atoms with van der Waals surface area (Å²) >= 11 is 0. The zero-order valence-electron chi connectivity index (χ0n) is 32.0. The molecule has 308 valence electrons. The molecule has 4 amide bonds. The molecule has 1 fully saturated rings. The molecule has 5 rings (SSSR count). The highest BCUT2D eigenvalue weighted by molar-refractivity contribution is 6.31. The molecule has 0 aromatic heterocycles. The number of phenolic OH excluding ortho intramolecular Hbond substituents is 2. The summed E-state index contributed by atoms with van der Waals surface area (Å²) in [5.74, 6) is -6.86. The van der Waals surface area contributed by atoms with E-state index in [0.29, 0.717) is 0 Å². The number of Topliss-reactive ketones (excluding diaryl/α,β-unsaturated/α-hetero) is 1. The van der Waals surface area contributed by atoms with E-state index in [2.05, 4.69) is 21.3 Å². The molecule has 2 aromatic rings. The van der Waals surface area contributed by atoms with Crippen LogP contribution < -0.4 is 26.0 Å². The maximum absolute atomic E-state index is 13.9. The number of ether oxygens (including phenoxy) is 3. The number of aliphatic hydroxyl groups excluding tert-OH is 2. The van der Waals surface area contributed by atoms with Crippen LogP contribution in [0.4, 0.5) is 0 Å². The summed E-state index contributed by atoms with van der Waals surface area (Å²) < 4.78 is 17.4. The second kappa shape index (κ2) is 16.6. The van der Waals surface area contributed by atoms with Crippen LogP contribution in [0.3, 0.4) is 0 Å². The number of methoxy groups -OCH3 is 1. The molecule has 1 aliphatic heterocycles. The van der Waals surface area contributed by atoms with Crippen molar-refractivity contribution in [1.82, 2.24) is 21.3 Å². The molecule has 0 saturated carbocycles. The van der Waals surface area contributed by atoms with Crippen molar-refractivity contribution in [2.75, 3.05) is 13.7 Å². The standard InChI is InChI=1S/C38H46N4O15/c1-14(39-18(5)44)35(51)40-15(2)36(52)41-16(3)37(53)42-21-10-25(56-17(4)30(21)46)57-23-12-38(54,24(45)13-43)11-20-27(23)34(50)29-28(32(20)48)31(47)19-8-7-9-22(55-6)26(19)33(29)49/h7-9,14-17,21,23,25,30,43,46,48,50,54H,10-13H2,1-6H3,(H,39,44)(H,40,51)(H,41,52)(H,42,53)/t14-,15-,16-,17-,21-,23-,25-,30+,38-/m0/s1. The zero-order chi connectivity index (χ0) is 42.3. The van der Waals surface area contributed by atoms with Crippen LogP contribution in [0.2, 0.25) is 0 Å². The van der Waals surface area contributed by atoms with Crippen molar-refractivity contribution in [3.8, 4) is 17.2 Å². The van der Waals surface area contributed by atoms with E-state index in [1.54, 1.807) is 0 Å². The number of carbonyl (C=O) groups excluding carboxylic acids is 7. The SMILES string of the molecule is COc1cccc2c1C(=O)c1c(O)c3c(c(O)c1C2=O)C[C@@](O)(C(=O)CO)C[C@@H]3O[C@H]1C[C@H](NC(=O)[C@H](C)NC(=O)[C@H](C)NC(=O)[C@H](C)NC(C)=O)[C@H](O)[C@H](C)O1. The topological polar surface area (TPSA) is 296 Å². The van der Waals surface area contributed by atoms with E-state index < -0.39 is 137 Å². The van der Waals surface area contributed by atoms with Crippen molar-refractivity contribution in [1.29, 1.82) is 0 Å². The Bertz CT molecular complexity index is 2020. The molecule has 19 nitrogen and oxygen atoms in total. The zero-order valence-corrected chi connectivity index (χ0v) is 32.0. The fraction of sp³-hybridized carbons (Fsp3) is 0.500. The third kappa shape index (κ3) is 8.19. The van der Waals surface area contributed by atoms with Crippen molar-refractivity contribution >= 4 is 41.0 Å². The fourth-order valence-corrected chi connectivity index (χ4v) is 7.34. The monoisotopic (exact) mass is 798 g/mol. The first-order valence-electron chi connectivity index (χ1n) is 18.1. The third-order valence-corrected chi connectivity index (χ3v) is 10.4. The lowest BCUT2D eigenvalue weighted by Crippen LogP contribution is -2.59. The molecular formula is C38H46N4O15.